The predicted molar refractivity (Wildman–Crippen MR) is 59.2 cm³/mol. The largest absolute Gasteiger partial charge is 0.416 e. The fraction of sp³-hybridized carbons (Fsp3) is 0.500. The zero-order valence-corrected chi connectivity index (χ0v) is 9.75. The van der Waals surface area contributed by atoms with E-state index in [-0.39, 0.29) is 12.2 Å². The molecule has 0 spiro atoms. The average Bonchev–Trinajstić information content (AvgIpc) is 2.27. The van der Waals surface area contributed by atoms with Crippen LogP contribution in [-0.4, -0.2) is 11.7 Å². The van der Waals surface area contributed by atoms with Crippen molar-refractivity contribution in [2.45, 2.75) is 26.1 Å². The van der Waals surface area contributed by atoms with Crippen molar-refractivity contribution in [2.75, 3.05) is 6.61 Å². The second-order valence-corrected chi connectivity index (χ2v) is 4.71. The third kappa shape index (κ3) is 2.98. The van der Waals surface area contributed by atoms with Crippen LogP contribution in [0.1, 0.15) is 31.0 Å². The highest BCUT2D eigenvalue weighted by Gasteiger charge is 2.37. The van der Waals surface area contributed by atoms with Crippen LogP contribution in [0.5, 0.6) is 0 Å². The van der Waals surface area contributed by atoms with Gasteiger partial charge >= 0.3 is 6.18 Å². The Bertz CT molecular complexity index is 388. The molecule has 0 aliphatic rings. The zero-order chi connectivity index (χ0) is 13.3. The van der Waals surface area contributed by atoms with Gasteiger partial charge in [-0.05, 0) is 11.6 Å². The molecule has 0 radical (unpaired) electrons. The summed E-state index contributed by atoms with van der Waals surface area (Å²) in [5, 5.41) is 9.16. The highest BCUT2D eigenvalue weighted by atomic mass is 19.4. The monoisotopic (exact) mass is 247 g/mol. The molecule has 0 fully saturated rings. The van der Waals surface area contributed by atoms with Gasteiger partial charge in [0.2, 0.25) is 0 Å². The van der Waals surface area contributed by atoms with Crippen LogP contribution in [0.4, 0.5) is 13.2 Å². The molecule has 0 amide bonds. The number of rotatable bonds is 3. The molecule has 0 unspecified atom stereocenters. The van der Waals surface area contributed by atoms with Gasteiger partial charge < -0.3 is 10.8 Å². The Hall–Kier alpha value is -1.07. The molecule has 1 aromatic carbocycles. The van der Waals surface area contributed by atoms with E-state index in [0.717, 1.165) is 6.07 Å². The van der Waals surface area contributed by atoms with Gasteiger partial charge in [-0.15, -0.1) is 0 Å². The summed E-state index contributed by atoms with van der Waals surface area (Å²) in [6, 6.07) is 4.32. The standard InChI is InChI=1S/C12H16F3NO/c1-11(2,7-17)10(16)8-5-3-4-6-9(8)12(13,14)15/h3-6,10,17H,7,16H2,1-2H3/t10-/m0/s1. The van der Waals surface area contributed by atoms with Gasteiger partial charge in [-0.3, -0.25) is 0 Å². The van der Waals surface area contributed by atoms with E-state index in [4.69, 9.17) is 10.8 Å². The highest BCUT2D eigenvalue weighted by Crippen LogP contribution is 2.39. The lowest BCUT2D eigenvalue weighted by molar-refractivity contribution is -0.138. The van der Waals surface area contributed by atoms with Crippen LogP contribution in [0, 0.1) is 5.41 Å². The molecule has 0 aromatic heterocycles. The smallest absolute Gasteiger partial charge is 0.396 e. The zero-order valence-electron chi connectivity index (χ0n) is 9.75. The van der Waals surface area contributed by atoms with Crippen molar-refractivity contribution in [3.63, 3.8) is 0 Å². The van der Waals surface area contributed by atoms with Crippen molar-refractivity contribution in [2.24, 2.45) is 11.1 Å². The van der Waals surface area contributed by atoms with Crippen molar-refractivity contribution in [1.82, 2.24) is 0 Å². The highest BCUT2D eigenvalue weighted by molar-refractivity contribution is 5.33. The van der Waals surface area contributed by atoms with Crippen molar-refractivity contribution in [1.29, 1.82) is 0 Å². The van der Waals surface area contributed by atoms with E-state index in [1.807, 2.05) is 0 Å². The minimum Gasteiger partial charge on any atom is -0.396 e. The van der Waals surface area contributed by atoms with Gasteiger partial charge in [0.05, 0.1) is 5.56 Å². The molecule has 1 atom stereocenters. The van der Waals surface area contributed by atoms with Gasteiger partial charge in [0.25, 0.3) is 0 Å². The summed E-state index contributed by atoms with van der Waals surface area (Å²) in [6.07, 6.45) is -4.43. The van der Waals surface area contributed by atoms with Crippen molar-refractivity contribution >= 4 is 0 Å². The fourth-order valence-corrected chi connectivity index (χ4v) is 1.55. The van der Waals surface area contributed by atoms with E-state index < -0.39 is 23.2 Å². The van der Waals surface area contributed by atoms with Crippen LogP contribution >= 0.6 is 0 Å². The first-order chi connectivity index (χ1) is 7.70. The minimum absolute atomic E-state index is 0.0130. The molecular weight excluding hydrogens is 231 g/mol. The molecule has 0 aliphatic heterocycles. The summed E-state index contributed by atoms with van der Waals surface area (Å²) in [5.74, 6) is 0. The average molecular weight is 247 g/mol. The van der Waals surface area contributed by atoms with E-state index in [1.165, 1.54) is 18.2 Å². The van der Waals surface area contributed by atoms with Crippen molar-refractivity contribution in [3.8, 4) is 0 Å². The molecule has 17 heavy (non-hydrogen) atoms. The summed E-state index contributed by atoms with van der Waals surface area (Å²) in [7, 11) is 0. The van der Waals surface area contributed by atoms with Crippen molar-refractivity contribution in [3.05, 3.63) is 35.4 Å². The molecule has 1 rings (SSSR count). The second kappa shape index (κ2) is 4.66. The van der Waals surface area contributed by atoms with Crippen LogP contribution < -0.4 is 5.73 Å². The van der Waals surface area contributed by atoms with Crippen LogP contribution in [0.3, 0.4) is 0 Å². The maximum absolute atomic E-state index is 12.8. The van der Waals surface area contributed by atoms with E-state index >= 15 is 0 Å². The number of halogens is 3. The Labute approximate surface area is 98.3 Å². The molecule has 3 N–H and O–H groups in total. The molecule has 5 heteroatoms. The lowest BCUT2D eigenvalue weighted by Crippen LogP contribution is -2.33. The Morgan fingerprint density at radius 1 is 1.24 bits per heavy atom. The topological polar surface area (TPSA) is 46.2 Å². The lowest BCUT2D eigenvalue weighted by Gasteiger charge is -2.31. The quantitative estimate of drug-likeness (QED) is 0.862. The molecule has 0 saturated heterocycles. The number of alkyl halides is 3. The van der Waals surface area contributed by atoms with E-state index in [1.54, 1.807) is 13.8 Å². The van der Waals surface area contributed by atoms with E-state index in [2.05, 4.69) is 0 Å². The Morgan fingerprint density at radius 2 is 1.76 bits per heavy atom. The van der Waals surface area contributed by atoms with Gasteiger partial charge in [0, 0.05) is 18.1 Å². The molecule has 0 bridgehead atoms. The van der Waals surface area contributed by atoms with Crippen LogP contribution in [0.2, 0.25) is 0 Å². The fourth-order valence-electron chi connectivity index (χ4n) is 1.55. The first-order valence-electron chi connectivity index (χ1n) is 5.22. The summed E-state index contributed by atoms with van der Waals surface area (Å²) < 4.78 is 38.3. The number of benzene rings is 1. The third-order valence-electron chi connectivity index (χ3n) is 2.85. The predicted octanol–water partition coefficient (Wildman–Crippen LogP) is 2.72. The van der Waals surface area contributed by atoms with Gasteiger partial charge in [-0.1, -0.05) is 32.0 Å². The van der Waals surface area contributed by atoms with Gasteiger partial charge in [0.15, 0.2) is 0 Å². The number of aliphatic hydroxyl groups excluding tert-OH is 1. The first-order valence-corrected chi connectivity index (χ1v) is 5.22. The Balaban J connectivity index is 3.23. The minimum atomic E-state index is -4.43. The first kappa shape index (κ1) is 14.0. The summed E-state index contributed by atoms with van der Waals surface area (Å²) >= 11 is 0. The SMILES string of the molecule is CC(C)(CO)[C@@H](N)c1ccccc1C(F)(F)F. The van der Waals surface area contributed by atoms with Crippen LogP contribution in [-0.2, 0) is 6.18 Å². The maximum atomic E-state index is 12.8. The lowest BCUT2D eigenvalue weighted by atomic mass is 9.80. The third-order valence-corrected chi connectivity index (χ3v) is 2.85. The maximum Gasteiger partial charge on any atom is 0.416 e. The number of aliphatic hydroxyl groups is 1. The molecule has 0 aliphatic carbocycles. The van der Waals surface area contributed by atoms with Gasteiger partial charge in [-0.2, -0.15) is 13.2 Å². The van der Waals surface area contributed by atoms with Crippen LogP contribution in [0.25, 0.3) is 0 Å². The number of hydrogen-bond donors (Lipinski definition) is 2. The molecule has 0 heterocycles. The van der Waals surface area contributed by atoms with Crippen molar-refractivity contribution < 1.29 is 18.3 Å². The molecule has 2 nitrogen and oxygen atoms in total. The number of nitrogens with two attached hydrogens (primary N) is 1. The Kier molecular flexibility index (Phi) is 3.84. The second-order valence-electron chi connectivity index (χ2n) is 4.71. The summed E-state index contributed by atoms with van der Waals surface area (Å²) in [6.45, 7) is 2.98. The van der Waals surface area contributed by atoms with E-state index in [0.29, 0.717) is 0 Å². The number of hydrogen-bond acceptors (Lipinski definition) is 2. The summed E-state index contributed by atoms with van der Waals surface area (Å²) in [4.78, 5) is 0. The molecule has 0 saturated carbocycles. The molecule has 1 aromatic rings. The summed E-state index contributed by atoms with van der Waals surface area (Å²) in [5.41, 5.74) is 4.29. The van der Waals surface area contributed by atoms with Crippen LogP contribution in [0.15, 0.2) is 24.3 Å². The molecule has 96 valence electrons. The molecular formula is C12H16F3NO. The van der Waals surface area contributed by atoms with Gasteiger partial charge in [-0.25, -0.2) is 0 Å². The van der Waals surface area contributed by atoms with E-state index in [9.17, 15) is 13.2 Å². The Morgan fingerprint density at radius 3 is 2.24 bits per heavy atom. The van der Waals surface area contributed by atoms with Gasteiger partial charge in [0.1, 0.15) is 0 Å². The normalized spacial score (nSPS) is 14.8.